The van der Waals surface area contributed by atoms with Crippen LogP contribution in [-0.2, 0) is 36.3 Å². The van der Waals surface area contributed by atoms with E-state index in [4.69, 9.17) is 0 Å². The van der Waals surface area contributed by atoms with Crippen LogP contribution >= 0.6 is 0 Å². The Hall–Kier alpha value is -7.29. The fourth-order valence-corrected chi connectivity index (χ4v) is 10.6. The lowest BCUT2D eigenvalue weighted by Gasteiger charge is -2.34. The van der Waals surface area contributed by atoms with Crippen LogP contribution in [-0.4, -0.2) is 0 Å². The van der Waals surface area contributed by atoms with Crippen molar-refractivity contribution in [1.82, 2.24) is 0 Å². The van der Waals surface area contributed by atoms with E-state index in [2.05, 4.69) is 0 Å². The van der Waals surface area contributed by atoms with Crippen molar-refractivity contribution in [2.45, 2.75) is 68.9 Å². The van der Waals surface area contributed by atoms with Gasteiger partial charge in [0, 0.05) is 11.8 Å². The highest BCUT2D eigenvalue weighted by atomic mass is 19.4. The lowest BCUT2D eigenvalue weighted by atomic mass is 9.67. The molecule has 0 saturated heterocycles. The van der Waals surface area contributed by atoms with Gasteiger partial charge in [-0.25, -0.2) is 0 Å². The standard InChI is InChI=1S/C59H39F15/c1-32-20-37(26-43(23-32)55(60,61)62)52(38-21-33(2)24-44(27-38)56(63,64)65)35-12-16-41(17-13-35)54(50-10-6-4-8-48(50)49-9-5-7-11-51(49)54)42-18-14-36(15-19-42)53(39-22-34(3)25-45(28-39)57(66,67)68)40-29-46(58(69,70)71)31-47(30-40)59(72,73)74/h4-31,52-53H,1-3H3. The lowest BCUT2D eigenvalue weighted by Crippen LogP contribution is -2.28. The first-order valence-electron chi connectivity index (χ1n) is 22.8. The minimum Gasteiger partial charge on any atom is -0.166 e. The van der Waals surface area contributed by atoms with Crippen LogP contribution in [0.15, 0.2) is 170 Å². The molecule has 1 aliphatic carbocycles. The van der Waals surface area contributed by atoms with E-state index in [-0.39, 0.29) is 45.0 Å². The molecular formula is C59H39F15. The molecule has 1 unspecified atom stereocenters. The van der Waals surface area contributed by atoms with Gasteiger partial charge in [-0.1, -0.05) is 132 Å². The van der Waals surface area contributed by atoms with E-state index < -0.39 is 81.5 Å². The van der Waals surface area contributed by atoms with Gasteiger partial charge in [-0.15, -0.1) is 0 Å². The second-order valence-corrected chi connectivity index (χ2v) is 18.7. The fourth-order valence-electron chi connectivity index (χ4n) is 10.6. The van der Waals surface area contributed by atoms with Gasteiger partial charge in [0.15, 0.2) is 0 Å². The highest BCUT2D eigenvalue weighted by Crippen LogP contribution is 2.57. The Morgan fingerprint density at radius 1 is 0.284 bits per heavy atom. The summed E-state index contributed by atoms with van der Waals surface area (Å²) >= 11 is 0. The molecule has 0 spiro atoms. The molecule has 1 aliphatic rings. The number of alkyl halides is 15. The van der Waals surface area contributed by atoms with Gasteiger partial charge >= 0.3 is 30.9 Å². The van der Waals surface area contributed by atoms with Gasteiger partial charge in [0.05, 0.1) is 33.2 Å². The first-order valence-corrected chi connectivity index (χ1v) is 22.8. The molecule has 15 heteroatoms. The van der Waals surface area contributed by atoms with Crippen LogP contribution in [0, 0.1) is 20.8 Å². The molecular weight excluding hydrogens is 994 g/mol. The summed E-state index contributed by atoms with van der Waals surface area (Å²) in [5.74, 6) is -2.77. The molecule has 0 nitrogen and oxygen atoms in total. The molecule has 0 N–H and O–H groups in total. The van der Waals surface area contributed by atoms with E-state index in [1.807, 2.05) is 36.4 Å². The number of hydrogen-bond acceptors (Lipinski definition) is 0. The molecule has 0 heterocycles. The lowest BCUT2D eigenvalue weighted by molar-refractivity contribution is -0.143. The molecule has 380 valence electrons. The quantitative estimate of drug-likeness (QED) is 0.105. The first kappa shape index (κ1) is 51.6. The van der Waals surface area contributed by atoms with Crippen molar-refractivity contribution in [3.8, 4) is 11.1 Å². The molecule has 0 amide bonds. The molecule has 0 bridgehead atoms. The van der Waals surface area contributed by atoms with Gasteiger partial charge in [-0.05, 0) is 142 Å². The van der Waals surface area contributed by atoms with Crippen LogP contribution in [0.3, 0.4) is 0 Å². The van der Waals surface area contributed by atoms with Crippen LogP contribution in [0.5, 0.6) is 0 Å². The smallest absolute Gasteiger partial charge is 0.166 e. The maximum absolute atomic E-state index is 14.4. The van der Waals surface area contributed by atoms with Gasteiger partial charge < -0.3 is 0 Å². The number of fused-ring (bicyclic) bond motifs is 3. The molecule has 74 heavy (non-hydrogen) atoms. The predicted molar refractivity (Wildman–Crippen MR) is 251 cm³/mol. The Bertz CT molecular complexity index is 3260. The van der Waals surface area contributed by atoms with Gasteiger partial charge in [0.2, 0.25) is 0 Å². The van der Waals surface area contributed by atoms with Crippen LogP contribution in [0.2, 0.25) is 0 Å². The van der Waals surface area contributed by atoms with Crippen LogP contribution in [0.4, 0.5) is 65.9 Å². The number of aryl methyl sites for hydroxylation is 3. The normalized spacial score (nSPS) is 14.3. The number of benzene rings is 8. The topological polar surface area (TPSA) is 0 Å². The molecule has 0 fully saturated rings. The molecule has 0 saturated carbocycles. The van der Waals surface area contributed by atoms with E-state index in [1.54, 1.807) is 48.5 Å². The van der Waals surface area contributed by atoms with Crippen LogP contribution < -0.4 is 0 Å². The first-order chi connectivity index (χ1) is 34.5. The predicted octanol–water partition coefficient (Wildman–Crippen LogP) is 18.4. The van der Waals surface area contributed by atoms with E-state index in [1.165, 1.54) is 51.1 Å². The SMILES string of the molecule is Cc1cc(C(c2ccc(C3(c4ccc(C(c5cc(C)cc(C(F)(F)F)c5)c5cc(C(F)(F)F)cc(C(F)(F)F)c5)cc4)c4ccccc4-c4ccccc43)cc2)c2cc(C)cc(C(F)(F)F)c2)cc(C(F)(F)F)c1. The Morgan fingerprint density at radius 2 is 0.541 bits per heavy atom. The van der Waals surface area contributed by atoms with Gasteiger partial charge in [0.25, 0.3) is 0 Å². The summed E-state index contributed by atoms with van der Waals surface area (Å²) in [6, 6.07) is 37.7. The molecule has 9 rings (SSSR count). The average Bonchev–Trinajstić information content (AvgIpc) is 3.61. The van der Waals surface area contributed by atoms with Crippen molar-refractivity contribution >= 4 is 0 Å². The summed E-state index contributed by atoms with van der Waals surface area (Å²) < 4.78 is 215. The van der Waals surface area contributed by atoms with Crippen molar-refractivity contribution in [2.24, 2.45) is 0 Å². The maximum Gasteiger partial charge on any atom is 0.416 e. The van der Waals surface area contributed by atoms with Crippen molar-refractivity contribution in [2.75, 3.05) is 0 Å². The van der Waals surface area contributed by atoms with E-state index >= 15 is 0 Å². The summed E-state index contributed by atoms with van der Waals surface area (Å²) in [5, 5.41) is 0. The van der Waals surface area contributed by atoms with E-state index in [0.29, 0.717) is 46.0 Å². The van der Waals surface area contributed by atoms with Crippen molar-refractivity contribution in [3.63, 3.8) is 0 Å². The van der Waals surface area contributed by atoms with E-state index in [0.717, 1.165) is 41.5 Å². The van der Waals surface area contributed by atoms with Crippen molar-refractivity contribution in [1.29, 1.82) is 0 Å². The average molecular weight is 1030 g/mol. The monoisotopic (exact) mass is 1030 g/mol. The third-order valence-corrected chi connectivity index (χ3v) is 13.5. The van der Waals surface area contributed by atoms with Crippen molar-refractivity contribution in [3.05, 3.63) is 270 Å². The zero-order chi connectivity index (χ0) is 53.5. The van der Waals surface area contributed by atoms with Gasteiger partial charge in [-0.3, -0.25) is 0 Å². The molecule has 8 aromatic carbocycles. The largest absolute Gasteiger partial charge is 0.416 e. The molecule has 8 aromatic rings. The molecule has 1 atom stereocenters. The second-order valence-electron chi connectivity index (χ2n) is 18.7. The minimum atomic E-state index is -5.28. The summed E-state index contributed by atoms with van der Waals surface area (Å²) in [4.78, 5) is 0. The maximum atomic E-state index is 14.4. The van der Waals surface area contributed by atoms with Gasteiger partial charge in [0.1, 0.15) is 0 Å². The summed E-state index contributed by atoms with van der Waals surface area (Å²) in [6.45, 7) is 4.21. The number of halogens is 15. The summed E-state index contributed by atoms with van der Waals surface area (Å²) in [6.07, 6.45) is -25.1. The third-order valence-electron chi connectivity index (χ3n) is 13.5. The Balaban J connectivity index is 1.27. The second kappa shape index (κ2) is 18.3. The zero-order valence-corrected chi connectivity index (χ0v) is 39.0. The number of rotatable bonds is 8. The molecule has 0 radical (unpaired) electrons. The van der Waals surface area contributed by atoms with Crippen LogP contribution in [0.25, 0.3) is 11.1 Å². The Morgan fingerprint density at radius 3 is 0.824 bits per heavy atom. The number of hydrogen-bond donors (Lipinski definition) is 0. The minimum absolute atomic E-state index is 0.0367. The highest BCUT2D eigenvalue weighted by molar-refractivity contribution is 5.86. The van der Waals surface area contributed by atoms with E-state index in [9.17, 15) is 65.9 Å². The Kier molecular flexibility index (Phi) is 12.7. The van der Waals surface area contributed by atoms with Gasteiger partial charge in [-0.2, -0.15) is 65.9 Å². The molecule has 0 aliphatic heterocycles. The third kappa shape index (κ3) is 9.68. The zero-order valence-electron chi connectivity index (χ0n) is 39.0. The summed E-state index contributed by atoms with van der Waals surface area (Å²) in [7, 11) is 0. The fraction of sp³-hybridized carbons (Fsp3) is 0.186. The Labute approximate surface area is 414 Å². The van der Waals surface area contributed by atoms with Crippen LogP contribution in [0.1, 0.15) is 112 Å². The molecule has 0 aromatic heterocycles. The van der Waals surface area contributed by atoms with Crippen molar-refractivity contribution < 1.29 is 65.9 Å². The highest BCUT2D eigenvalue weighted by Gasteiger charge is 2.47. The summed E-state index contributed by atoms with van der Waals surface area (Å²) in [5.41, 5.74) is -3.66.